The number of nitrogens with zero attached hydrogens (tertiary/aromatic N) is 2. The van der Waals surface area contributed by atoms with Crippen molar-refractivity contribution in [3.8, 4) is 0 Å². The fourth-order valence-corrected chi connectivity index (χ4v) is 2.32. The highest BCUT2D eigenvalue weighted by atomic mass is 16.5. The molecule has 1 fully saturated rings. The van der Waals surface area contributed by atoms with Crippen LogP contribution >= 0.6 is 0 Å². The lowest BCUT2D eigenvalue weighted by Gasteiger charge is -2.31. The van der Waals surface area contributed by atoms with Crippen molar-refractivity contribution in [1.29, 1.82) is 0 Å². The summed E-state index contributed by atoms with van der Waals surface area (Å²) in [5.41, 5.74) is 5.58. The molecule has 0 saturated carbocycles. The van der Waals surface area contributed by atoms with Gasteiger partial charge >= 0.3 is 5.97 Å². The number of carbonyl (C=O) groups excluding carboxylic acids is 2. The lowest BCUT2D eigenvalue weighted by molar-refractivity contribution is -0.148. The topological polar surface area (TPSA) is 85.5 Å². The van der Waals surface area contributed by atoms with Crippen molar-refractivity contribution in [3.05, 3.63) is 23.9 Å². The van der Waals surface area contributed by atoms with Crippen LogP contribution < -0.4 is 10.6 Å². The summed E-state index contributed by atoms with van der Waals surface area (Å²) < 4.78 is 5.04. The molecule has 1 amide bonds. The van der Waals surface area contributed by atoms with Crippen LogP contribution in [-0.4, -0.2) is 36.6 Å². The van der Waals surface area contributed by atoms with Crippen molar-refractivity contribution in [2.75, 3.05) is 24.6 Å². The Morgan fingerprint density at radius 3 is 2.60 bits per heavy atom. The van der Waals surface area contributed by atoms with E-state index in [0.29, 0.717) is 12.2 Å². The Hall–Kier alpha value is -2.11. The minimum atomic E-state index is -0.481. The maximum absolute atomic E-state index is 11.7. The van der Waals surface area contributed by atoms with Crippen LogP contribution in [0.25, 0.3) is 0 Å². The molecule has 6 nitrogen and oxygen atoms in total. The monoisotopic (exact) mass is 277 g/mol. The quantitative estimate of drug-likeness (QED) is 0.828. The number of hydrogen-bond donors (Lipinski definition) is 1. The van der Waals surface area contributed by atoms with Gasteiger partial charge in [0, 0.05) is 19.3 Å². The molecular weight excluding hydrogens is 258 g/mol. The van der Waals surface area contributed by atoms with E-state index in [4.69, 9.17) is 10.5 Å². The van der Waals surface area contributed by atoms with Crippen LogP contribution in [-0.2, 0) is 9.53 Å². The smallest absolute Gasteiger partial charge is 0.309 e. The summed E-state index contributed by atoms with van der Waals surface area (Å²) >= 11 is 0. The average molecular weight is 277 g/mol. The predicted octanol–water partition coefficient (Wildman–Crippen LogP) is 0.960. The van der Waals surface area contributed by atoms with Gasteiger partial charge in [-0.15, -0.1) is 0 Å². The van der Waals surface area contributed by atoms with E-state index in [1.807, 2.05) is 6.92 Å². The van der Waals surface area contributed by atoms with E-state index in [9.17, 15) is 9.59 Å². The normalized spacial score (nSPS) is 15.9. The minimum absolute atomic E-state index is 0.0175. The molecule has 0 radical (unpaired) electrons. The molecule has 1 saturated heterocycles. The van der Waals surface area contributed by atoms with Gasteiger partial charge in [-0.25, -0.2) is 4.98 Å². The summed E-state index contributed by atoms with van der Waals surface area (Å²) in [5, 5.41) is 0. The molecular formula is C14H19N3O3. The number of anilines is 1. The molecule has 1 aliphatic rings. The molecule has 0 aliphatic carbocycles. The number of piperidine rings is 1. The standard InChI is InChI=1S/C14H19N3O3/c1-2-20-14(19)10-5-7-17(8-6-10)12-4-3-11(9-16-12)13(15)18/h3-4,9-10H,2,5-8H2,1H3,(H2,15,18). The lowest BCUT2D eigenvalue weighted by atomic mass is 9.97. The highest BCUT2D eigenvalue weighted by Gasteiger charge is 2.26. The van der Waals surface area contributed by atoms with Crippen molar-refractivity contribution >= 4 is 17.7 Å². The number of aromatic nitrogens is 1. The fourth-order valence-electron chi connectivity index (χ4n) is 2.32. The Labute approximate surface area is 117 Å². The maximum Gasteiger partial charge on any atom is 0.309 e. The number of pyridine rings is 1. The first-order valence-corrected chi connectivity index (χ1v) is 6.79. The van der Waals surface area contributed by atoms with Gasteiger partial charge in [0.15, 0.2) is 0 Å². The van der Waals surface area contributed by atoms with Gasteiger partial charge < -0.3 is 15.4 Å². The van der Waals surface area contributed by atoms with Gasteiger partial charge in [-0.3, -0.25) is 9.59 Å². The van der Waals surface area contributed by atoms with Gasteiger partial charge in [0.25, 0.3) is 0 Å². The summed E-state index contributed by atoms with van der Waals surface area (Å²) in [6, 6.07) is 3.45. The van der Waals surface area contributed by atoms with Crippen LogP contribution in [0.4, 0.5) is 5.82 Å². The van der Waals surface area contributed by atoms with E-state index in [-0.39, 0.29) is 11.9 Å². The Morgan fingerprint density at radius 2 is 2.10 bits per heavy atom. The molecule has 0 spiro atoms. The number of ether oxygens (including phenoxy) is 1. The van der Waals surface area contributed by atoms with Gasteiger partial charge in [0.2, 0.25) is 5.91 Å². The zero-order valence-electron chi connectivity index (χ0n) is 11.5. The van der Waals surface area contributed by atoms with Crippen LogP contribution in [0.3, 0.4) is 0 Å². The molecule has 0 bridgehead atoms. The third kappa shape index (κ3) is 3.26. The molecule has 1 aromatic heterocycles. The van der Waals surface area contributed by atoms with Gasteiger partial charge in [-0.2, -0.15) is 0 Å². The number of hydrogen-bond acceptors (Lipinski definition) is 5. The first kappa shape index (κ1) is 14.3. The highest BCUT2D eigenvalue weighted by molar-refractivity contribution is 5.92. The first-order chi connectivity index (χ1) is 9.61. The minimum Gasteiger partial charge on any atom is -0.466 e. The third-order valence-electron chi connectivity index (χ3n) is 3.47. The second-order valence-corrected chi connectivity index (χ2v) is 4.78. The third-order valence-corrected chi connectivity index (χ3v) is 3.47. The van der Waals surface area contributed by atoms with E-state index in [1.54, 1.807) is 12.1 Å². The second kappa shape index (κ2) is 6.36. The van der Waals surface area contributed by atoms with E-state index in [0.717, 1.165) is 31.7 Å². The zero-order valence-corrected chi connectivity index (χ0v) is 11.5. The Balaban J connectivity index is 1.93. The molecule has 2 N–H and O–H groups in total. The fraction of sp³-hybridized carbons (Fsp3) is 0.500. The molecule has 108 valence electrons. The molecule has 1 aliphatic heterocycles. The van der Waals surface area contributed by atoms with Crippen molar-refractivity contribution in [2.24, 2.45) is 11.7 Å². The molecule has 1 aromatic rings. The molecule has 2 heterocycles. The number of primary amides is 1. The van der Waals surface area contributed by atoms with E-state index < -0.39 is 5.91 Å². The van der Waals surface area contributed by atoms with Crippen LogP contribution in [0.1, 0.15) is 30.1 Å². The Kier molecular flexibility index (Phi) is 4.55. The van der Waals surface area contributed by atoms with Crippen LogP contribution in [0.5, 0.6) is 0 Å². The number of esters is 1. The lowest BCUT2D eigenvalue weighted by Crippen LogP contribution is -2.37. The number of nitrogens with two attached hydrogens (primary N) is 1. The van der Waals surface area contributed by atoms with Gasteiger partial charge in [-0.1, -0.05) is 0 Å². The van der Waals surface area contributed by atoms with Crippen molar-refractivity contribution in [1.82, 2.24) is 4.98 Å². The number of amides is 1. The first-order valence-electron chi connectivity index (χ1n) is 6.79. The molecule has 0 unspecified atom stereocenters. The van der Waals surface area contributed by atoms with Crippen LogP contribution in [0, 0.1) is 5.92 Å². The van der Waals surface area contributed by atoms with Gasteiger partial charge in [0.05, 0.1) is 18.1 Å². The van der Waals surface area contributed by atoms with E-state index in [1.165, 1.54) is 6.20 Å². The molecule has 20 heavy (non-hydrogen) atoms. The molecule has 6 heteroatoms. The zero-order chi connectivity index (χ0) is 14.5. The molecule has 0 aromatic carbocycles. The van der Waals surface area contributed by atoms with Gasteiger partial charge in [0.1, 0.15) is 5.82 Å². The van der Waals surface area contributed by atoms with Crippen LogP contribution in [0.2, 0.25) is 0 Å². The number of rotatable bonds is 4. The Bertz CT molecular complexity index is 479. The summed E-state index contributed by atoms with van der Waals surface area (Å²) in [4.78, 5) is 29.0. The van der Waals surface area contributed by atoms with E-state index >= 15 is 0 Å². The van der Waals surface area contributed by atoms with Gasteiger partial charge in [-0.05, 0) is 31.9 Å². The summed E-state index contributed by atoms with van der Waals surface area (Å²) in [5.74, 6) is 0.197. The Morgan fingerprint density at radius 1 is 1.40 bits per heavy atom. The van der Waals surface area contributed by atoms with Crippen molar-refractivity contribution in [2.45, 2.75) is 19.8 Å². The second-order valence-electron chi connectivity index (χ2n) is 4.78. The summed E-state index contributed by atoms with van der Waals surface area (Å²) in [6.07, 6.45) is 3.01. The van der Waals surface area contributed by atoms with Crippen LogP contribution in [0.15, 0.2) is 18.3 Å². The van der Waals surface area contributed by atoms with E-state index in [2.05, 4.69) is 9.88 Å². The van der Waals surface area contributed by atoms with Crippen molar-refractivity contribution in [3.63, 3.8) is 0 Å². The summed E-state index contributed by atoms with van der Waals surface area (Å²) in [6.45, 7) is 3.76. The summed E-state index contributed by atoms with van der Waals surface area (Å²) in [7, 11) is 0. The van der Waals surface area contributed by atoms with Crippen molar-refractivity contribution < 1.29 is 14.3 Å². The largest absolute Gasteiger partial charge is 0.466 e. The average Bonchev–Trinajstić information content (AvgIpc) is 2.48. The molecule has 2 rings (SSSR count). The highest BCUT2D eigenvalue weighted by Crippen LogP contribution is 2.22. The molecule has 0 atom stereocenters. The SMILES string of the molecule is CCOC(=O)C1CCN(c2ccc(C(N)=O)cn2)CC1. The number of carbonyl (C=O) groups is 2. The maximum atomic E-state index is 11.7. The predicted molar refractivity (Wildman–Crippen MR) is 74.3 cm³/mol.